The zero-order valence-electron chi connectivity index (χ0n) is 17.9. The van der Waals surface area contributed by atoms with Crippen molar-refractivity contribution in [3.8, 4) is 35.2 Å². The highest BCUT2D eigenvalue weighted by atomic mass is 16.7. The van der Waals surface area contributed by atoms with Gasteiger partial charge in [0.1, 0.15) is 23.6 Å². The van der Waals surface area contributed by atoms with Crippen LogP contribution in [0.25, 0.3) is 0 Å². The Morgan fingerprint density at radius 1 is 1.03 bits per heavy atom. The summed E-state index contributed by atoms with van der Waals surface area (Å²) in [5.41, 5.74) is -4.13. The molecule has 0 amide bonds. The number of hydrogen-bond acceptors (Lipinski definition) is 9. The van der Waals surface area contributed by atoms with E-state index in [0.717, 1.165) is 0 Å². The fraction of sp³-hybridized carbons (Fsp3) is 0.231. The van der Waals surface area contributed by atoms with Crippen LogP contribution in [0.15, 0.2) is 36.4 Å². The summed E-state index contributed by atoms with van der Waals surface area (Å²) in [6.45, 7) is -0.734. The minimum atomic E-state index is -1.79. The lowest BCUT2D eigenvalue weighted by atomic mass is 9.69. The number of carbonyl (C=O) groups is 2. The standard InChI is InChI=1S/C26H17NO8/c28-11-18(32)26-16-8-3-1-2-4-9-17(31)25(26,35-26)13-10-15(30)20-21(22(13)27-16)24(34)19-12(23(20)33)6-5-7-14(19)29/h1-2,5-7,10,16-18,27-32H,11H2/b2-1-/t16-,17+,18+,25-,26+/m0/s1. The predicted molar refractivity (Wildman–Crippen MR) is 120 cm³/mol. The molecule has 6 rings (SSSR count). The number of benzene rings is 2. The maximum atomic E-state index is 13.6. The summed E-state index contributed by atoms with van der Waals surface area (Å²) in [6, 6.07) is 4.20. The average Bonchev–Trinajstić information content (AvgIpc) is 3.57. The highest BCUT2D eigenvalue weighted by molar-refractivity contribution is 6.32. The van der Waals surface area contributed by atoms with Gasteiger partial charge >= 0.3 is 0 Å². The summed E-state index contributed by atoms with van der Waals surface area (Å²) < 4.78 is 6.03. The number of nitrogens with one attached hydrogen (secondary N) is 1. The van der Waals surface area contributed by atoms with Crippen LogP contribution in [0.4, 0.5) is 5.69 Å². The topological polar surface area (TPSA) is 160 Å². The molecule has 2 aliphatic carbocycles. The number of epoxide rings is 1. The van der Waals surface area contributed by atoms with Gasteiger partial charge in [-0.2, -0.15) is 0 Å². The Labute approximate surface area is 198 Å². The number of aromatic hydroxyl groups is 2. The normalized spacial score (nSPS) is 30.5. The third kappa shape index (κ3) is 2.42. The molecular weight excluding hydrogens is 454 g/mol. The van der Waals surface area contributed by atoms with E-state index in [1.54, 1.807) is 0 Å². The quantitative estimate of drug-likeness (QED) is 0.171. The number of allylic oxidation sites excluding steroid dienone is 2. The third-order valence-corrected chi connectivity index (χ3v) is 7.01. The Bertz CT molecular complexity index is 1520. The van der Waals surface area contributed by atoms with Crippen LogP contribution in [0.3, 0.4) is 0 Å². The minimum Gasteiger partial charge on any atom is -0.507 e. The Kier molecular flexibility index (Phi) is 4.25. The number of hydrogen-bond donors (Lipinski definition) is 6. The van der Waals surface area contributed by atoms with Gasteiger partial charge in [0.15, 0.2) is 28.9 Å². The molecule has 1 saturated heterocycles. The lowest BCUT2D eigenvalue weighted by Gasteiger charge is -2.38. The molecule has 2 aliphatic heterocycles. The van der Waals surface area contributed by atoms with Gasteiger partial charge in [-0.25, -0.2) is 0 Å². The number of anilines is 1. The molecule has 2 bridgehead atoms. The number of fused-ring (bicyclic) bond motifs is 4. The number of aliphatic hydroxyl groups is 3. The molecule has 9 heteroatoms. The highest BCUT2D eigenvalue weighted by Gasteiger charge is 2.83. The van der Waals surface area contributed by atoms with E-state index < -0.39 is 59.1 Å². The number of phenols is 2. The number of ether oxygens (including phenoxy) is 1. The van der Waals surface area contributed by atoms with E-state index in [0.29, 0.717) is 0 Å². The van der Waals surface area contributed by atoms with E-state index in [9.17, 15) is 35.1 Å². The molecule has 0 aromatic heterocycles. The molecule has 0 saturated carbocycles. The molecule has 0 radical (unpaired) electrons. The van der Waals surface area contributed by atoms with Crippen molar-refractivity contribution in [1.82, 2.24) is 0 Å². The van der Waals surface area contributed by atoms with Crippen LogP contribution < -0.4 is 5.32 Å². The number of phenolic OH excluding ortho intramolecular Hbond substituents is 2. The van der Waals surface area contributed by atoms with Crippen molar-refractivity contribution in [2.45, 2.75) is 29.5 Å². The zero-order valence-corrected chi connectivity index (χ0v) is 17.9. The van der Waals surface area contributed by atoms with Crippen LogP contribution in [0, 0.1) is 23.7 Å². The molecule has 0 unspecified atom stereocenters. The first-order chi connectivity index (χ1) is 16.8. The van der Waals surface area contributed by atoms with E-state index in [1.165, 1.54) is 36.4 Å². The first-order valence-electron chi connectivity index (χ1n) is 10.7. The van der Waals surface area contributed by atoms with E-state index in [1.807, 2.05) is 0 Å². The largest absolute Gasteiger partial charge is 0.507 e. The highest BCUT2D eigenvalue weighted by Crippen LogP contribution is 2.67. The maximum Gasteiger partial charge on any atom is 0.200 e. The summed E-state index contributed by atoms with van der Waals surface area (Å²) in [7, 11) is 0. The van der Waals surface area contributed by atoms with Gasteiger partial charge in [-0.3, -0.25) is 9.59 Å². The van der Waals surface area contributed by atoms with Gasteiger partial charge in [0, 0.05) is 11.1 Å². The summed E-state index contributed by atoms with van der Waals surface area (Å²) in [5, 5.41) is 56.1. The first kappa shape index (κ1) is 21.4. The van der Waals surface area contributed by atoms with Gasteiger partial charge in [0.2, 0.25) is 0 Å². The number of carbonyl (C=O) groups excluding carboxylic acids is 2. The van der Waals surface area contributed by atoms with E-state index >= 15 is 0 Å². The second kappa shape index (κ2) is 6.95. The molecule has 9 nitrogen and oxygen atoms in total. The summed E-state index contributed by atoms with van der Waals surface area (Å²) in [6.07, 6.45) is -0.236. The molecular formula is C26H17NO8. The molecule has 35 heavy (non-hydrogen) atoms. The molecule has 1 fully saturated rings. The van der Waals surface area contributed by atoms with E-state index in [-0.39, 0.29) is 33.5 Å². The Balaban J connectivity index is 1.69. The second-order valence-corrected chi connectivity index (χ2v) is 8.65. The SMILES string of the molecule is O=C1c2cccc(O)c2C(=O)c2c3c(cc(O)c21)[C@@]12O[C@@]1([C@H](O)CO)[C@H](C#C/C=C\C#C[C@H]2O)N3. The van der Waals surface area contributed by atoms with Gasteiger partial charge < -0.3 is 35.6 Å². The molecule has 2 aromatic carbocycles. The predicted octanol–water partition coefficient (Wildman–Crippen LogP) is -0.0777. The van der Waals surface area contributed by atoms with Crippen molar-refractivity contribution < 1.29 is 39.9 Å². The summed E-state index contributed by atoms with van der Waals surface area (Å²) >= 11 is 0. The maximum absolute atomic E-state index is 13.6. The first-order valence-corrected chi connectivity index (χ1v) is 10.7. The van der Waals surface area contributed by atoms with Crippen molar-refractivity contribution in [1.29, 1.82) is 0 Å². The van der Waals surface area contributed by atoms with E-state index in [2.05, 4.69) is 29.0 Å². The van der Waals surface area contributed by atoms with Gasteiger partial charge in [-0.1, -0.05) is 35.8 Å². The molecule has 5 atom stereocenters. The average molecular weight is 471 g/mol. The van der Waals surface area contributed by atoms with Crippen LogP contribution in [-0.2, 0) is 10.3 Å². The van der Waals surface area contributed by atoms with Gasteiger partial charge in [0.05, 0.1) is 29.0 Å². The molecule has 2 aromatic rings. The molecule has 174 valence electrons. The van der Waals surface area contributed by atoms with Gasteiger partial charge in [0.25, 0.3) is 0 Å². The van der Waals surface area contributed by atoms with Crippen molar-refractivity contribution >= 4 is 17.3 Å². The van der Waals surface area contributed by atoms with Crippen LogP contribution in [0.2, 0.25) is 0 Å². The fourth-order valence-corrected chi connectivity index (χ4v) is 5.47. The molecule has 0 spiro atoms. The lowest BCUT2D eigenvalue weighted by molar-refractivity contribution is 0.0234. The summed E-state index contributed by atoms with van der Waals surface area (Å²) in [5.74, 6) is 8.53. The molecule has 2 heterocycles. The number of rotatable bonds is 2. The minimum absolute atomic E-state index is 0.0491. The lowest BCUT2D eigenvalue weighted by Crippen LogP contribution is -2.56. The summed E-state index contributed by atoms with van der Waals surface area (Å²) in [4.78, 5) is 26.9. The Morgan fingerprint density at radius 2 is 1.77 bits per heavy atom. The molecule has 4 aliphatic rings. The van der Waals surface area contributed by atoms with Crippen LogP contribution in [0.5, 0.6) is 11.5 Å². The fourth-order valence-electron chi connectivity index (χ4n) is 5.47. The number of aliphatic hydroxyl groups excluding tert-OH is 3. The van der Waals surface area contributed by atoms with Gasteiger partial charge in [-0.15, -0.1) is 0 Å². The Hall–Kier alpha value is -4.12. The van der Waals surface area contributed by atoms with Crippen LogP contribution in [-0.4, -0.2) is 67.6 Å². The zero-order chi connectivity index (χ0) is 24.7. The monoisotopic (exact) mass is 471 g/mol. The second-order valence-electron chi connectivity index (χ2n) is 8.65. The van der Waals surface area contributed by atoms with Crippen molar-refractivity contribution in [2.24, 2.45) is 0 Å². The van der Waals surface area contributed by atoms with Crippen molar-refractivity contribution in [3.63, 3.8) is 0 Å². The third-order valence-electron chi connectivity index (χ3n) is 7.01. The number of ketones is 2. The van der Waals surface area contributed by atoms with Crippen LogP contribution >= 0.6 is 0 Å². The Morgan fingerprint density at radius 3 is 2.51 bits per heavy atom. The molecule has 6 N–H and O–H groups in total. The van der Waals surface area contributed by atoms with Crippen LogP contribution in [0.1, 0.15) is 37.4 Å². The van der Waals surface area contributed by atoms with Crippen molar-refractivity contribution in [3.05, 3.63) is 64.2 Å². The smallest absolute Gasteiger partial charge is 0.200 e. The van der Waals surface area contributed by atoms with E-state index in [4.69, 9.17) is 4.74 Å². The van der Waals surface area contributed by atoms with Crippen molar-refractivity contribution in [2.75, 3.05) is 11.9 Å². The van der Waals surface area contributed by atoms with Gasteiger partial charge in [-0.05, 0) is 24.3 Å².